The van der Waals surface area contributed by atoms with E-state index in [1.165, 1.54) is 0 Å². The molecule has 0 aliphatic carbocycles. The van der Waals surface area contributed by atoms with Crippen LogP contribution in [0, 0.1) is 20.2 Å². The molecule has 0 aromatic heterocycles. The van der Waals surface area contributed by atoms with Gasteiger partial charge in [-0.25, -0.2) is 0 Å². The van der Waals surface area contributed by atoms with E-state index in [2.05, 4.69) is 0 Å². The summed E-state index contributed by atoms with van der Waals surface area (Å²) >= 11 is 0. The van der Waals surface area contributed by atoms with Crippen molar-refractivity contribution in [2.24, 2.45) is 0 Å². The fourth-order valence-electron chi connectivity index (χ4n) is 1.88. The molecule has 0 amide bonds. The normalized spacial score (nSPS) is 9.80. The molecule has 0 N–H and O–H groups in total. The lowest BCUT2D eigenvalue weighted by Crippen LogP contribution is -2.13. The Hall–Kier alpha value is -3.02. The van der Waals surface area contributed by atoms with Crippen molar-refractivity contribution >= 4 is 5.57 Å². The van der Waals surface area contributed by atoms with Crippen LogP contribution in [0.2, 0.25) is 0 Å². The topological polar surface area (TPSA) is 86.3 Å². The zero-order chi connectivity index (χ0) is 14.5. The third-order valence-electron chi connectivity index (χ3n) is 2.69. The van der Waals surface area contributed by atoms with Crippen LogP contribution in [-0.2, 0) is 0 Å². The second kappa shape index (κ2) is 5.75. The van der Waals surface area contributed by atoms with Crippen molar-refractivity contribution in [3.8, 4) is 0 Å². The van der Waals surface area contributed by atoms with Crippen molar-refractivity contribution in [1.29, 1.82) is 0 Å². The van der Waals surface area contributed by atoms with Crippen molar-refractivity contribution in [2.45, 2.75) is 0 Å². The number of nitro groups is 2. The summed E-state index contributed by atoms with van der Waals surface area (Å²) in [4.78, 5) is 20.1. The molecule has 0 atom stereocenters. The smallest absolute Gasteiger partial charge is 0.253 e. The average Bonchev–Trinajstić information content (AvgIpc) is 2.45. The first-order valence-electron chi connectivity index (χ1n) is 5.75. The maximum Gasteiger partial charge on any atom is 0.567 e. The summed E-state index contributed by atoms with van der Waals surface area (Å²) in [6.45, 7) is 0. The van der Waals surface area contributed by atoms with E-state index in [1.807, 2.05) is 0 Å². The molecule has 6 nitrogen and oxygen atoms in total. The Balaban J connectivity index is 2.77. The van der Waals surface area contributed by atoms with Crippen molar-refractivity contribution in [1.82, 2.24) is 0 Å². The van der Waals surface area contributed by atoms with Crippen LogP contribution in [0.4, 0.5) is 0 Å². The van der Waals surface area contributed by atoms with E-state index in [0.717, 1.165) is 0 Å². The highest BCUT2D eigenvalue weighted by molar-refractivity contribution is 5.80. The van der Waals surface area contributed by atoms with Crippen LogP contribution < -0.4 is 0 Å². The standard InChI is InChI=1S/C14H10N2O4/c17-15(18)14(16(19)20)13(11-7-3-1-4-8-11)12-9-5-2-6-10-12/h1-10H. The van der Waals surface area contributed by atoms with Crippen LogP contribution in [0.3, 0.4) is 0 Å². The molecule has 2 aromatic carbocycles. The van der Waals surface area contributed by atoms with E-state index >= 15 is 0 Å². The van der Waals surface area contributed by atoms with Gasteiger partial charge in [-0.05, 0) is 11.1 Å². The molecule has 20 heavy (non-hydrogen) atoms. The summed E-state index contributed by atoms with van der Waals surface area (Å²) in [5.41, 5.74) is 0.866. The van der Waals surface area contributed by atoms with E-state index in [9.17, 15) is 20.2 Å². The number of benzene rings is 2. The Morgan fingerprint density at radius 3 is 1.35 bits per heavy atom. The molecule has 0 fully saturated rings. The van der Waals surface area contributed by atoms with Gasteiger partial charge in [-0.15, -0.1) is 0 Å². The van der Waals surface area contributed by atoms with E-state index in [4.69, 9.17) is 0 Å². The van der Waals surface area contributed by atoms with Crippen molar-refractivity contribution in [3.63, 3.8) is 0 Å². The Morgan fingerprint density at radius 2 is 1.05 bits per heavy atom. The third-order valence-corrected chi connectivity index (χ3v) is 2.69. The summed E-state index contributed by atoms with van der Waals surface area (Å²) in [7, 11) is 0. The molecule has 0 heterocycles. The lowest BCUT2D eigenvalue weighted by atomic mass is 9.98. The molecule has 6 heteroatoms. The highest BCUT2D eigenvalue weighted by atomic mass is 16.7. The minimum Gasteiger partial charge on any atom is -0.253 e. The molecule has 0 spiro atoms. The van der Waals surface area contributed by atoms with Crippen LogP contribution >= 0.6 is 0 Å². The number of nitrogens with zero attached hydrogens (tertiary/aromatic N) is 2. The summed E-state index contributed by atoms with van der Waals surface area (Å²) in [6.07, 6.45) is 0. The summed E-state index contributed by atoms with van der Waals surface area (Å²) in [5.74, 6) is -1.03. The second-order valence-corrected chi connectivity index (χ2v) is 3.94. The van der Waals surface area contributed by atoms with Crippen molar-refractivity contribution < 1.29 is 9.85 Å². The van der Waals surface area contributed by atoms with Crippen LogP contribution in [0.15, 0.2) is 66.5 Å². The molecule has 2 aromatic rings. The fourth-order valence-corrected chi connectivity index (χ4v) is 1.88. The van der Waals surface area contributed by atoms with E-state index < -0.39 is 15.7 Å². The average molecular weight is 270 g/mol. The van der Waals surface area contributed by atoms with Gasteiger partial charge in [-0.3, -0.25) is 20.2 Å². The third kappa shape index (κ3) is 2.69. The minimum atomic E-state index is -1.03. The van der Waals surface area contributed by atoms with Crippen LogP contribution in [0.1, 0.15) is 11.1 Å². The van der Waals surface area contributed by atoms with Gasteiger partial charge in [0, 0.05) is 0 Å². The second-order valence-electron chi connectivity index (χ2n) is 3.94. The zero-order valence-corrected chi connectivity index (χ0v) is 10.3. The maximum atomic E-state index is 11.0. The van der Waals surface area contributed by atoms with Gasteiger partial charge in [-0.1, -0.05) is 60.7 Å². The minimum absolute atomic E-state index is 0.00111. The van der Waals surface area contributed by atoms with Gasteiger partial charge < -0.3 is 0 Å². The molecule has 0 aliphatic heterocycles. The molecule has 0 bridgehead atoms. The Kier molecular flexibility index (Phi) is 3.85. The Labute approximate surface area is 114 Å². The van der Waals surface area contributed by atoms with E-state index in [1.54, 1.807) is 60.7 Å². The molecule has 0 unspecified atom stereocenters. The first-order chi connectivity index (χ1) is 9.61. The molecule has 0 aliphatic rings. The lowest BCUT2D eigenvalue weighted by Gasteiger charge is -2.05. The molecule has 0 saturated heterocycles. The van der Waals surface area contributed by atoms with Crippen LogP contribution in [0.5, 0.6) is 0 Å². The number of rotatable bonds is 4. The first-order valence-corrected chi connectivity index (χ1v) is 5.75. The summed E-state index contributed by atoms with van der Waals surface area (Å²) in [6, 6.07) is 16.6. The molecule has 2 rings (SSSR count). The zero-order valence-electron chi connectivity index (χ0n) is 10.3. The van der Waals surface area contributed by atoms with Gasteiger partial charge in [0.05, 0.1) is 0 Å². The van der Waals surface area contributed by atoms with Crippen LogP contribution in [0.25, 0.3) is 5.57 Å². The number of hydrogen-bond donors (Lipinski definition) is 0. The molecule has 0 radical (unpaired) electrons. The van der Waals surface area contributed by atoms with Gasteiger partial charge >= 0.3 is 5.82 Å². The SMILES string of the molecule is O=[N+]([O-])C(=C(c1ccccc1)c1ccccc1)[N+](=O)[O-]. The highest BCUT2D eigenvalue weighted by Crippen LogP contribution is 2.27. The molecule has 100 valence electrons. The van der Waals surface area contributed by atoms with Gasteiger partial charge in [-0.2, -0.15) is 0 Å². The van der Waals surface area contributed by atoms with E-state index in [0.29, 0.717) is 11.1 Å². The highest BCUT2D eigenvalue weighted by Gasteiger charge is 2.33. The Bertz CT molecular complexity index is 609. The lowest BCUT2D eigenvalue weighted by molar-refractivity contribution is -0.614. The quantitative estimate of drug-likeness (QED) is 0.631. The predicted octanol–water partition coefficient (Wildman–Crippen LogP) is 2.96. The van der Waals surface area contributed by atoms with Gasteiger partial charge in [0.1, 0.15) is 15.4 Å². The fraction of sp³-hybridized carbons (Fsp3) is 0. The van der Waals surface area contributed by atoms with Crippen molar-refractivity contribution in [2.75, 3.05) is 0 Å². The monoisotopic (exact) mass is 270 g/mol. The molecular formula is C14H10N2O4. The predicted molar refractivity (Wildman–Crippen MR) is 72.9 cm³/mol. The first kappa shape index (κ1) is 13.4. The van der Waals surface area contributed by atoms with Crippen molar-refractivity contribution in [3.05, 3.63) is 97.8 Å². The van der Waals surface area contributed by atoms with Gasteiger partial charge in [0.25, 0.3) is 0 Å². The molecule has 0 saturated carbocycles. The maximum absolute atomic E-state index is 11.0. The summed E-state index contributed by atoms with van der Waals surface area (Å²) < 4.78 is 0. The van der Waals surface area contributed by atoms with Gasteiger partial charge in [0.15, 0.2) is 0 Å². The largest absolute Gasteiger partial charge is 0.567 e. The van der Waals surface area contributed by atoms with Crippen LogP contribution in [-0.4, -0.2) is 9.85 Å². The molecular weight excluding hydrogens is 260 g/mol. The summed E-state index contributed by atoms with van der Waals surface area (Å²) in [5, 5.41) is 22.1. The van der Waals surface area contributed by atoms with Gasteiger partial charge in [0.2, 0.25) is 0 Å². The Morgan fingerprint density at radius 1 is 0.700 bits per heavy atom. The van der Waals surface area contributed by atoms with E-state index in [-0.39, 0.29) is 5.57 Å². The number of hydrogen-bond acceptors (Lipinski definition) is 4.